The zero-order chi connectivity index (χ0) is 19.1. The molecule has 1 amide bonds. The molecule has 1 aliphatic rings. The van der Waals surface area contributed by atoms with Crippen LogP contribution in [0.2, 0.25) is 0 Å². The topological polar surface area (TPSA) is 52.6 Å². The van der Waals surface area contributed by atoms with E-state index in [4.69, 9.17) is 0 Å². The van der Waals surface area contributed by atoms with Crippen molar-refractivity contribution < 1.29 is 14.3 Å². The Hall–Kier alpha value is -2.40. The van der Waals surface area contributed by atoms with Crippen LogP contribution in [0.5, 0.6) is 5.75 Å². The molecule has 2 N–H and O–H groups in total. The Labute approximate surface area is 160 Å². The van der Waals surface area contributed by atoms with Crippen molar-refractivity contribution in [2.45, 2.75) is 32.1 Å². The minimum atomic E-state index is -0.543. The van der Waals surface area contributed by atoms with Gasteiger partial charge in [-0.15, -0.1) is 0 Å². The molecule has 4 nitrogen and oxygen atoms in total. The highest BCUT2D eigenvalue weighted by atomic mass is 19.1. The zero-order valence-corrected chi connectivity index (χ0v) is 15.6. The molecule has 3 rings (SSSR count). The number of carbonyl (C=O) groups is 1. The van der Waals surface area contributed by atoms with Gasteiger partial charge in [0.05, 0.1) is 5.56 Å². The lowest BCUT2D eigenvalue weighted by molar-refractivity contribution is 0.0951. The number of aromatic hydroxyl groups is 1. The summed E-state index contributed by atoms with van der Waals surface area (Å²) in [5.74, 6) is -1.23. The number of benzene rings is 2. The van der Waals surface area contributed by atoms with Crippen LogP contribution in [0.25, 0.3) is 0 Å². The lowest BCUT2D eigenvalue weighted by Crippen LogP contribution is -2.31. The second-order valence-corrected chi connectivity index (χ2v) is 7.14. The maximum atomic E-state index is 13.2. The van der Waals surface area contributed by atoms with Gasteiger partial charge in [-0.2, -0.15) is 0 Å². The largest absolute Gasteiger partial charge is 0.507 e. The highest BCUT2D eigenvalue weighted by Crippen LogP contribution is 2.17. The number of nitrogens with zero attached hydrogens (tertiary/aromatic N) is 1. The molecule has 144 valence electrons. The minimum absolute atomic E-state index is 0.0388. The van der Waals surface area contributed by atoms with Crippen molar-refractivity contribution >= 4 is 5.91 Å². The summed E-state index contributed by atoms with van der Waals surface area (Å²) >= 11 is 0. The fraction of sp³-hybridized carbons (Fsp3) is 0.409. The van der Waals surface area contributed by atoms with E-state index in [1.54, 1.807) is 0 Å². The predicted molar refractivity (Wildman–Crippen MR) is 105 cm³/mol. The third-order valence-corrected chi connectivity index (χ3v) is 5.09. The molecule has 0 unspecified atom stereocenters. The number of halogens is 1. The van der Waals surface area contributed by atoms with Gasteiger partial charge in [-0.1, -0.05) is 30.7 Å². The van der Waals surface area contributed by atoms with Gasteiger partial charge in [0.2, 0.25) is 0 Å². The molecule has 2 aromatic carbocycles. The Morgan fingerprint density at radius 1 is 1.00 bits per heavy atom. The molecule has 0 saturated carbocycles. The third-order valence-electron chi connectivity index (χ3n) is 5.09. The molecular weight excluding hydrogens is 343 g/mol. The molecular formula is C22H27FN2O2. The van der Waals surface area contributed by atoms with Crippen LogP contribution in [-0.2, 0) is 12.8 Å². The van der Waals surface area contributed by atoms with E-state index < -0.39 is 11.7 Å². The van der Waals surface area contributed by atoms with Gasteiger partial charge in [-0.25, -0.2) is 4.39 Å². The van der Waals surface area contributed by atoms with Crippen LogP contribution in [0.4, 0.5) is 4.39 Å². The first kappa shape index (κ1) is 19.4. The lowest BCUT2D eigenvalue weighted by atomic mass is 10.1. The van der Waals surface area contributed by atoms with E-state index in [1.165, 1.54) is 44.0 Å². The molecule has 1 aliphatic heterocycles. The Morgan fingerprint density at radius 3 is 2.37 bits per heavy atom. The average Bonchev–Trinajstić information content (AvgIpc) is 2.70. The number of phenols is 1. The number of amides is 1. The minimum Gasteiger partial charge on any atom is -0.507 e. The van der Waals surface area contributed by atoms with Crippen molar-refractivity contribution in [2.24, 2.45) is 0 Å². The van der Waals surface area contributed by atoms with Crippen LogP contribution in [0, 0.1) is 5.82 Å². The second kappa shape index (κ2) is 9.51. The van der Waals surface area contributed by atoms with E-state index in [0.717, 1.165) is 30.7 Å². The fourth-order valence-corrected chi connectivity index (χ4v) is 3.45. The molecule has 0 aliphatic carbocycles. The first-order valence-electron chi connectivity index (χ1n) is 9.69. The van der Waals surface area contributed by atoms with E-state index >= 15 is 0 Å². The molecule has 5 heteroatoms. The number of likely N-dealkylation sites (tertiary alicyclic amines) is 1. The van der Waals surface area contributed by atoms with Crippen LogP contribution in [0.1, 0.15) is 40.7 Å². The van der Waals surface area contributed by atoms with Gasteiger partial charge in [0.25, 0.3) is 5.91 Å². The maximum Gasteiger partial charge on any atom is 0.255 e. The molecule has 1 heterocycles. The highest BCUT2D eigenvalue weighted by Gasteiger charge is 2.12. The summed E-state index contributed by atoms with van der Waals surface area (Å²) in [5.41, 5.74) is 2.43. The summed E-state index contributed by atoms with van der Waals surface area (Å²) in [6.07, 6.45) is 5.75. The van der Waals surface area contributed by atoms with Gasteiger partial charge in [0.15, 0.2) is 0 Å². The van der Waals surface area contributed by atoms with E-state index in [2.05, 4.69) is 34.5 Å². The SMILES string of the molecule is O=C(NCCc1ccc(CCN2CCCCC2)cc1)c1cc(F)ccc1O. The standard InChI is InChI=1S/C22H27FN2O2/c23-19-8-9-21(26)20(16-19)22(27)24-12-10-17-4-6-18(7-5-17)11-15-25-13-2-1-3-14-25/h4-9,16,26H,1-3,10-15H2,(H,24,27). The Bertz CT molecular complexity index is 755. The lowest BCUT2D eigenvalue weighted by Gasteiger charge is -2.26. The molecule has 1 saturated heterocycles. The monoisotopic (exact) mass is 370 g/mol. The quantitative estimate of drug-likeness (QED) is 0.784. The van der Waals surface area contributed by atoms with Gasteiger partial charge >= 0.3 is 0 Å². The number of nitrogens with one attached hydrogen (secondary N) is 1. The van der Waals surface area contributed by atoms with Crippen molar-refractivity contribution in [3.63, 3.8) is 0 Å². The summed E-state index contributed by atoms with van der Waals surface area (Å²) in [5, 5.41) is 12.4. The van der Waals surface area contributed by atoms with Gasteiger partial charge in [0, 0.05) is 13.1 Å². The average molecular weight is 370 g/mol. The summed E-state index contributed by atoms with van der Waals surface area (Å²) < 4.78 is 13.2. The van der Waals surface area contributed by atoms with E-state index in [-0.39, 0.29) is 11.3 Å². The van der Waals surface area contributed by atoms with E-state index in [0.29, 0.717) is 13.0 Å². The smallest absolute Gasteiger partial charge is 0.255 e. The van der Waals surface area contributed by atoms with Gasteiger partial charge in [-0.3, -0.25) is 4.79 Å². The Kier molecular flexibility index (Phi) is 6.82. The van der Waals surface area contributed by atoms with Gasteiger partial charge in [0.1, 0.15) is 11.6 Å². The summed E-state index contributed by atoms with van der Waals surface area (Å²) in [6, 6.07) is 11.8. The molecule has 1 fully saturated rings. The van der Waals surface area contributed by atoms with Crippen molar-refractivity contribution in [3.05, 3.63) is 65.0 Å². The van der Waals surface area contributed by atoms with Gasteiger partial charge < -0.3 is 15.3 Å². The molecule has 0 atom stereocenters. The summed E-state index contributed by atoms with van der Waals surface area (Å²) in [7, 11) is 0. The van der Waals surface area contributed by atoms with Crippen molar-refractivity contribution in [1.29, 1.82) is 0 Å². The Morgan fingerprint density at radius 2 is 1.67 bits per heavy atom. The predicted octanol–water partition coefficient (Wildman–Crippen LogP) is 3.53. The van der Waals surface area contributed by atoms with Crippen molar-refractivity contribution in [1.82, 2.24) is 10.2 Å². The Balaban J connectivity index is 1.43. The normalized spacial score (nSPS) is 14.9. The molecule has 27 heavy (non-hydrogen) atoms. The maximum absolute atomic E-state index is 13.2. The number of piperidine rings is 1. The fourth-order valence-electron chi connectivity index (χ4n) is 3.45. The van der Waals surface area contributed by atoms with E-state index in [9.17, 15) is 14.3 Å². The molecule has 0 aromatic heterocycles. The molecule has 2 aromatic rings. The highest BCUT2D eigenvalue weighted by molar-refractivity contribution is 5.96. The molecule has 0 spiro atoms. The van der Waals surface area contributed by atoms with Crippen LogP contribution in [-0.4, -0.2) is 42.1 Å². The number of phenolic OH excluding ortho intramolecular Hbond substituents is 1. The third kappa shape index (κ3) is 5.79. The van der Waals surface area contributed by atoms with Gasteiger partial charge in [-0.05, 0) is 68.1 Å². The number of rotatable bonds is 7. The number of hydrogen-bond acceptors (Lipinski definition) is 3. The van der Waals surface area contributed by atoms with Crippen LogP contribution < -0.4 is 5.32 Å². The first-order chi connectivity index (χ1) is 13.1. The van der Waals surface area contributed by atoms with Crippen LogP contribution in [0.15, 0.2) is 42.5 Å². The van der Waals surface area contributed by atoms with Crippen molar-refractivity contribution in [3.8, 4) is 5.75 Å². The van der Waals surface area contributed by atoms with Crippen LogP contribution >= 0.6 is 0 Å². The first-order valence-corrected chi connectivity index (χ1v) is 9.69. The number of hydrogen-bond donors (Lipinski definition) is 2. The van der Waals surface area contributed by atoms with Crippen LogP contribution in [0.3, 0.4) is 0 Å². The van der Waals surface area contributed by atoms with E-state index in [1.807, 2.05) is 0 Å². The van der Waals surface area contributed by atoms with Crippen molar-refractivity contribution in [2.75, 3.05) is 26.2 Å². The molecule has 0 radical (unpaired) electrons. The number of carbonyl (C=O) groups excluding carboxylic acids is 1. The summed E-state index contributed by atoms with van der Waals surface area (Å²) in [6.45, 7) is 3.99. The second-order valence-electron chi connectivity index (χ2n) is 7.14. The molecule has 0 bridgehead atoms. The summed E-state index contributed by atoms with van der Waals surface area (Å²) in [4.78, 5) is 14.6. The zero-order valence-electron chi connectivity index (χ0n) is 15.6.